The average Bonchev–Trinajstić information content (AvgIpc) is 2.24. The minimum atomic E-state index is -7.25. The van der Waals surface area contributed by atoms with E-state index >= 15 is 0 Å². The summed E-state index contributed by atoms with van der Waals surface area (Å²) in [5.41, 5.74) is 0. The summed E-state index contributed by atoms with van der Waals surface area (Å²) in [6.07, 6.45) is -14.0. The van der Waals surface area contributed by atoms with E-state index in [0.717, 1.165) is 0 Å². The first-order valence-corrected chi connectivity index (χ1v) is 6.04. The molecule has 23 heavy (non-hydrogen) atoms. The van der Waals surface area contributed by atoms with Crippen LogP contribution >= 0.6 is 46.4 Å². The lowest BCUT2D eigenvalue weighted by Crippen LogP contribution is -2.70. The summed E-state index contributed by atoms with van der Waals surface area (Å²) in [6, 6.07) is 0. The third kappa shape index (κ3) is 3.12. The fraction of sp³-hybridized carbons (Fsp3) is 1.00. The highest BCUT2D eigenvalue weighted by Gasteiger charge is 2.88. The van der Waals surface area contributed by atoms with Gasteiger partial charge in [0.05, 0.1) is 0 Å². The molecule has 0 saturated carbocycles. The fourth-order valence-electron chi connectivity index (χ4n) is 0.948. The van der Waals surface area contributed by atoms with E-state index < -0.39 is 38.8 Å². The zero-order chi connectivity index (χ0) is 19.5. The first-order chi connectivity index (χ1) is 9.50. The number of halogens is 16. The summed E-state index contributed by atoms with van der Waals surface area (Å²) in [7, 11) is 0. The maximum Gasteiger partial charge on any atom is 0.459 e. The molecule has 0 N–H and O–H groups in total. The molecule has 0 atom stereocenters. The van der Waals surface area contributed by atoms with E-state index in [1.54, 1.807) is 0 Å². The Morgan fingerprint density at radius 2 is 0.565 bits per heavy atom. The van der Waals surface area contributed by atoms with Crippen LogP contribution in [-0.2, 0) is 0 Å². The van der Waals surface area contributed by atoms with Gasteiger partial charge in [0.1, 0.15) is 0 Å². The predicted molar refractivity (Wildman–Crippen MR) is 55.8 cm³/mol. The molecule has 0 spiro atoms. The Morgan fingerprint density at radius 1 is 0.348 bits per heavy atom. The highest BCUT2D eigenvalue weighted by Crippen LogP contribution is 2.66. The van der Waals surface area contributed by atoms with Gasteiger partial charge in [-0.25, -0.2) is 0 Å². The van der Waals surface area contributed by atoms with Crippen molar-refractivity contribution in [3.63, 3.8) is 0 Å². The van der Waals surface area contributed by atoms with Gasteiger partial charge in [0.2, 0.25) is 8.67 Å². The normalized spacial score (nSPS) is 16.7. The van der Waals surface area contributed by atoms with Gasteiger partial charge in [0.25, 0.3) is 0 Å². The Hall–Kier alpha value is 0.320. The summed E-state index contributed by atoms with van der Waals surface area (Å²) >= 11 is 17.2. The lowest BCUT2D eigenvalue weighted by Gasteiger charge is -2.44. The molecule has 0 aliphatic heterocycles. The highest BCUT2D eigenvalue weighted by atomic mass is 35.5. The van der Waals surface area contributed by atoms with E-state index in [4.69, 9.17) is 0 Å². The van der Waals surface area contributed by atoms with Crippen LogP contribution in [0.2, 0.25) is 0 Å². The van der Waals surface area contributed by atoms with Crippen LogP contribution in [0.3, 0.4) is 0 Å². The SMILES string of the molecule is FC(F)(F)C(F)(F)C(F)(F)C(Cl)(Cl)C(Cl)(Cl)C(F)(F)C(F)(F)F. The fourth-order valence-corrected chi connectivity index (χ4v) is 1.87. The first kappa shape index (κ1) is 23.3. The Kier molecular flexibility index (Phi) is 5.74. The second-order valence-corrected chi connectivity index (χ2v) is 6.52. The van der Waals surface area contributed by atoms with Crippen molar-refractivity contribution in [3.05, 3.63) is 0 Å². The van der Waals surface area contributed by atoms with Crippen molar-refractivity contribution in [2.45, 2.75) is 38.8 Å². The molecule has 0 amide bonds. The van der Waals surface area contributed by atoms with Gasteiger partial charge in [0, 0.05) is 0 Å². The van der Waals surface area contributed by atoms with Crippen molar-refractivity contribution in [1.82, 2.24) is 0 Å². The topological polar surface area (TPSA) is 0 Å². The van der Waals surface area contributed by atoms with Crippen molar-refractivity contribution in [3.8, 4) is 0 Å². The van der Waals surface area contributed by atoms with E-state index in [1.165, 1.54) is 0 Å². The van der Waals surface area contributed by atoms with Gasteiger partial charge < -0.3 is 0 Å². The van der Waals surface area contributed by atoms with Crippen molar-refractivity contribution in [1.29, 1.82) is 0 Å². The molecule has 0 aromatic carbocycles. The second-order valence-electron chi connectivity index (χ2n) is 3.87. The number of rotatable bonds is 4. The Labute approximate surface area is 138 Å². The molecule has 0 radical (unpaired) electrons. The Bertz CT molecular complexity index is 407. The van der Waals surface area contributed by atoms with E-state index in [0.29, 0.717) is 0 Å². The Morgan fingerprint density at radius 3 is 0.783 bits per heavy atom. The first-order valence-electron chi connectivity index (χ1n) is 4.52. The molecule has 0 unspecified atom stereocenters. The van der Waals surface area contributed by atoms with Crippen LogP contribution in [0, 0.1) is 0 Å². The van der Waals surface area contributed by atoms with Gasteiger partial charge >= 0.3 is 30.1 Å². The molecule has 0 fully saturated rings. The molecule has 140 valence electrons. The van der Waals surface area contributed by atoms with E-state index in [-0.39, 0.29) is 0 Å². The summed E-state index contributed by atoms with van der Waals surface area (Å²) in [6.45, 7) is 0. The van der Waals surface area contributed by atoms with E-state index in [9.17, 15) is 52.7 Å². The standard InChI is InChI=1S/C7Cl4F12/c8-1(9,2(10,11)4(14,15)6(18,19)20)3(12,13)5(16,17)7(21,22)23. The van der Waals surface area contributed by atoms with Crippen LogP contribution in [0.15, 0.2) is 0 Å². The summed E-state index contributed by atoms with van der Waals surface area (Å²) in [4.78, 5) is 0. The smallest absolute Gasteiger partial charge is 0.196 e. The van der Waals surface area contributed by atoms with Gasteiger partial charge in [-0.2, -0.15) is 52.7 Å². The van der Waals surface area contributed by atoms with Crippen molar-refractivity contribution >= 4 is 46.4 Å². The zero-order valence-electron chi connectivity index (χ0n) is 9.55. The number of hydrogen-bond acceptors (Lipinski definition) is 0. The third-order valence-corrected chi connectivity index (χ3v) is 4.76. The van der Waals surface area contributed by atoms with Crippen LogP contribution < -0.4 is 0 Å². The maximum atomic E-state index is 13.3. The molecule has 0 saturated heterocycles. The van der Waals surface area contributed by atoms with Crippen LogP contribution in [0.4, 0.5) is 52.7 Å². The number of alkyl halides is 16. The van der Waals surface area contributed by atoms with Crippen molar-refractivity contribution < 1.29 is 52.7 Å². The molecule has 0 aromatic heterocycles. The summed E-state index contributed by atoms with van der Waals surface area (Å²) < 4.78 is 139. The minimum Gasteiger partial charge on any atom is -0.196 e. The maximum absolute atomic E-state index is 13.3. The van der Waals surface area contributed by atoms with Crippen LogP contribution in [0.25, 0.3) is 0 Å². The summed E-state index contributed by atoms with van der Waals surface area (Å²) in [5, 5.41) is 0. The van der Waals surface area contributed by atoms with E-state index in [1.807, 2.05) is 0 Å². The van der Waals surface area contributed by atoms with Crippen LogP contribution in [0.1, 0.15) is 0 Å². The predicted octanol–water partition coefficient (Wildman–Crippen LogP) is 6.36. The monoisotopic (exact) mass is 452 g/mol. The van der Waals surface area contributed by atoms with Gasteiger partial charge in [-0.05, 0) is 0 Å². The van der Waals surface area contributed by atoms with Crippen molar-refractivity contribution in [2.24, 2.45) is 0 Å². The van der Waals surface area contributed by atoms with Gasteiger partial charge in [-0.15, -0.1) is 0 Å². The Balaban J connectivity index is 6.37. The molecule has 0 rings (SSSR count). The van der Waals surface area contributed by atoms with Crippen LogP contribution in [0.5, 0.6) is 0 Å². The zero-order valence-corrected chi connectivity index (χ0v) is 12.6. The van der Waals surface area contributed by atoms with E-state index in [2.05, 4.69) is 46.4 Å². The number of hydrogen-bond donors (Lipinski definition) is 0. The lowest BCUT2D eigenvalue weighted by atomic mass is 9.99. The van der Waals surface area contributed by atoms with Crippen molar-refractivity contribution in [2.75, 3.05) is 0 Å². The molecule has 0 aliphatic rings. The highest BCUT2D eigenvalue weighted by molar-refractivity contribution is 6.63. The van der Waals surface area contributed by atoms with Gasteiger partial charge in [-0.3, -0.25) is 0 Å². The summed E-state index contributed by atoms with van der Waals surface area (Å²) in [5.74, 6) is -20.9. The molecule has 0 heterocycles. The molecular weight excluding hydrogens is 454 g/mol. The molecule has 0 nitrogen and oxygen atoms in total. The molecule has 16 heteroatoms. The third-order valence-electron chi connectivity index (χ3n) is 2.29. The van der Waals surface area contributed by atoms with Crippen LogP contribution in [-0.4, -0.2) is 38.8 Å². The van der Waals surface area contributed by atoms with Gasteiger partial charge in [-0.1, -0.05) is 46.4 Å². The minimum absolute atomic E-state index is 4.29. The molecule has 0 bridgehead atoms. The molecule has 0 aliphatic carbocycles. The second kappa shape index (κ2) is 5.66. The average molecular weight is 454 g/mol. The molecular formula is C7Cl4F12. The lowest BCUT2D eigenvalue weighted by molar-refractivity contribution is -0.363. The molecule has 0 aromatic rings. The quantitative estimate of drug-likeness (QED) is 0.343. The largest absolute Gasteiger partial charge is 0.459 e. The van der Waals surface area contributed by atoms with Gasteiger partial charge in [0.15, 0.2) is 0 Å².